The molecule has 0 fully saturated rings. The molecular weight excluding hydrogens is 260 g/mol. The molecule has 1 rings (SSSR count). The molecule has 0 atom stereocenters. The average molecular weight is 292 g/mol. The van der Waals surface area contributed by atoms with Crippen LogP contribution in [0, 0.1) is 0 Å². The summed E-state index contributed by atoms with van der Waals surface area (Å²) in [5.41, 5.74) is 1.24. The highest BCUT2D eigenvalue weighted by molar-refractivity contribution is 5.60. The first-order valence-electron chi connectivity index (χ1n) is 8.38. The van der Waals surface area contributed by atoms with Gasteiger partial charge in [-0.25, -0.2) is 9.97 Å². The Kier molecular flexibility index (Phi) is 7.48. The van der Waals surface area contributed by atoms with Gasteiger partial charge >= 0.3 is 0 Å². The van der Waals surface area contributed by atoms with Crippen LogP contribution in [0.1, 0.15) is 72.3 Å². The van der Waals surface area contributed by atoms with Crippen LogP contribution in [0.5, 0.6) is 0 Å². The van der Waals surface area contributed by atoms with E-state index in [-0.39, 0.29) is 0 Å². The molecule has 0 bridgehead atoms. The predicted octanol–water partition coefficient (Wildman–Crippen LogP) is 4.44. The fourth-order valence-corrected chi connectivity index (χ4v) is 2.60. The Bertz CT molecular complexity index is 415. The lowest BCUT2D eigenvalue weighted by atomic mass is 10.0. The van der Waals surface area contributed by atoms with Gasteiger partial charge in [-0.2, -0.15) is 0 Å². The van der Waals surface area contributed by atoms with Gasteiger partial charge in [-0.15, -0.1) is 0 Å². The molecule has 0 amide bonds. The third-order valence-corrected chi connectivity index (χ3v) is 3.68. The lowest BCUT2D eigenvalue weighted by Crippen LogP contribution is -2.34. The molecule has 0 saturated heterocycles. The minimum absolute atomic E-state index is 0.405. The van der Waals surface area contributed by atoms with E-state index in [1.165, 1.54) is 24.8 Å². The van der Waals surface area contributed by atoms with Gasteiger partial charge < -0.3 is 10.2 Å². The molecule has 4 heteroatoms. The highest BCUT2D eigenvalue weighted by Crippen LogP contribution is 2.31. The van der Waals surface area contributed by atoms with Gasteiger partial charge in [-0.05, 0) is 33.1 Å². The second-order valence-corrected chi connectivity index (χ2v) is 6.14. The topological polar surface area (TPSA) is 41.1 Å². The van der Waals surface area contributed by atoms with Crippen molar-refractivity contribution in [1.29, 1.82) is 0 Å². The largest absolute Gasteiger partial charge is 0.370 e. The van der Waals surface area contributed by atoms with Crippen LogP contribution in [-0.2, 0) is 0 Å². The average Bonchev–Trinajstić information content (AvgIpc) is 2.43. The van der Waals surface area contributed by atoms with Gasteiger partial charge in [-0.1, -0.05) is 33.6 Å². The summed E-state index contributed by atoms with van der Waals surface area (Å²) in [5.74, 6) is 2.49. The maximum absolute atomic E-state index is 4.62. The van der Waals surface area contributed by atoms with Crippen LogP contribution < -0.4 is 10.2 Å². The molecule has 1 aromatic rings. The Morgan fingerprint density at radius 2 is 1.81 bits per heavy atom. The number of nitrogens with one attached hydrogen (secondary N) is 1. The molecule has 120 valence electrons. The zero-order valence-corrected chi connectivity index (χ0v) is 14.6. The minimum atomic E-state index is 0.405. The molecule has 4 nitrogen and oxygen atoms in total. The van der Waals surface area contributed by atoms with Crippen LogP contribution in [-0.4, -0.2) is 29.1 Å². The summed E-state index contributed by atoms with van der Waals surface area (Å²) in [6, 6.07) is 0.448. The van der Waals surface area contributed by atoms with Gasteiger partial charge in [0, 0.05) is 24.7 Å². The molecule has 1 aromatic heterocycles. The fraction of sp³-hybridized carbons (Fsp3) is 0.765. The zero-order chi connectivity index (χ0) is 15.8. The molecule has 0 unspecified atom stereocenters. The number of anilines is 2. The van der Waals surface area contributed by atoms with Crippen molar-refractivity contribution >= 4 is 11.6 Å². The van der Waals surface area contributed by atoms with Gasteiger partial charge in [0.2, 0.25) is 0 Å². The molecule has 0 aliphatic rings. The van der Waals surface area contributed by atoms with Crippen molar-refractivity contribution in [3.05, 3.63) is 11.9 Å². The first kappa shape index (κ1) is 17.7. The van der Waals surface area contributed by atoms with Gasteiger partial charge in [0.15, 0.2) is 0 Å². The van der Waals surface area contributed by atoms with E-state index in [1.54, 1.807) is 6.33 Å². The molecule has 1 heterocycles. The van der Waals surface area contributed by atoms with Crippen molar-refractivity contribution in [3.8, 4) is 0 Å². The van der Waals surface area contributed by atoms with Gasteiger partial charge in [-0.3, -0.25) is 0 Å². The maximum atomic E-state index is 4.62. The summed E-state index contributed by atoms with van der Waals surface area (Å²) in [6.45, 7) is 15.2. The quantitative estimate of drug-likeness (QED) is 0.683. The normalized spacial score (nSPS) is 11.2. The standard InChI is InChI=1S/C17H32N4/c1-7-9-10-11-21(14(5)6)17-15(13(3)4)16(18-8-2)19-12-20-17/h12-14H,7-11H2,1-6H3,(H,18,19,20). The van der Waals surface area contributed by atoms with Crippen LogP contribution >= 0.6 is 0 Å². The van der Waals surface area contributed by atoms with E-state index in [0.717, 1.165) is 24.7 Å². The second kappa shape index (κ2) is 8.85. The second-order valence-electron chi connectivity index (χ2n) is 6.14. The monoisotopic (exact) mass is 292 g/mol. The molecule has 0 aliphatic heterocycles. The third kappa shape index (κ3) is 4.87. The van der Waals surface area contributed by atoms with E-state index in [1.807, 2.05) is 0 Å². The van der Waals surface area contributed by atoms with Crippen LogP contribution in [0.15, 0.2) is 6.33 Å². The number of aromatic nitrogens is 2. The summed E-state index contributed by atoms with van der Waals surface area (Å²) < 4.78 is 0. The van der Waals surface area contributed by atoms with Crippen LogP contribution in [0.4, 0.5) is 11.6 Å². The van der Waals surface area contributed by atoms with E-state index in [9.17, 15) is 0 Å². The van der Waals surface area contributed by atoms with Crippen molar-refractivity contribution < 1.29 is 0 Å². The van der Waals surface area contributed by atoms with Gasteiger partial charge in [0.1, 0.15) is 18.0 Å². The first-order valence-corrected chi connectivity index (χ1v) is 8.38. The third-order valence-electron chi connectivity index (χ3n) is 3.68. The van der Waals surface area contributed by atoms with E-state index in [0.29, 0.717) is 12.0 Å². The number of unbranched alkanes of at least 4 members (excludes halogenated alkanes) is 2. The summed E-state index contributed by atoms with van der Waals surface area (Å²) in [4.78, 5) is 11.5. The highest BCUT2D eigenvalue weighted by atomic mass is 15.2. The van der Waals surface area contributed by atoms with Crippen molar-refractivity contribution in [1.82, 2.24) is 9.97 Å². The lowest BCUT2D eigenvalue weighted by molar-refractivity contribution is 0.614. The minimum Gasteiger partial charge on any atom is -0.370 e. The number of hydrogen-bond acceptors (Lipinski definition) is 4. The number of rotatable bonds is 9. The molecule has 0 aromatic carbocycles. The van der Waals surface area contributed by atoms with Crippen molar-refractivity contribution in [2.45, 2.75) is 72.8 Å². The van der Waals surface area contributed by atoms with E-state index < -0.39 is 0 Å². The van der Waals surface area contributed by atoms with E-state index in [4.69, 9.17) is 0 Å². The highest BCUT2D eigenvalue weighted by Gasteiger charge is 2.21. The van der Waals surface area contributed by atoms with Crippen LogP contribution in [0.2, 0.25) is 0 Å². The number of nitrogens with zero attached hydrogens (tertiary/aromatic N) is 3. The lowest BCUT2D eigenvalue weighted by Gasteiger charge is -2.31. The Balaban J connectivity index is 3.14. The SMILES string of the molecule is CCCCCN(c1ncnc(NCC)c1C(C)C)C(C)C. The summed E-state index contributed by atoms with van der Waals surface area (Å²) in [5, 5.41) is 3.38. The Hall–Kier alpha value is -1.32. The number of hydrogen-bond donors (Lipinski definition) is 1. The van der Waals surface area contributed by atoms with E-state index in [2.05, 4.69) is 61.7 Å². The van der Waals surface area contributed by atoms with Crippen molar-refractivity contribution in [2.75, 3.05) is 23.3 Å². The predicted molar refractivity (Wildman–Crippen MR) is 92.3 cm³/mol. The van der Waals surface area contributed by atoms with Gasteiger partial charge in [0.05, 0.1) is 0 Å². The molecule has 0 saturated carbocycles. The maximum Gasteiger partial charge on any atom is 0.137 e. The van der Waals surface area contributed by atoms with Crippen molar-refractivity contribution in [2.24, 2.45) is 0 Å². The summed E-state index contributed by atoms with van der Waals surface area (Å²) >= 11 is 0. The molecule has 0 radical (unpaired) electrons. The zero-order valence-electron chi connectivity index (χ0n) is 14.6. The molecule has 21 heavy (non-hydrogen) atoms. The molecule has 0 spiro atoms. The van der Waals surface area contributed by atoms with Crippen LogP contribution in [0.3, 0.4) is 0 Å². The smallest absolute Gasteiger partial charge is 0.137 e. The Morgan fingerprint density at radius 1 is 1.10 bits per heavy atom. The van der Waals surface area contributed by atoms with Crippen LogP contribution in [0.25, 0.3) is 0 Å². The molecule has 0 aliphatic carbocycles. The summed E-state index contributed by atoms with van der Waals surface area (Å²) in [7, 11) is 0. The Morgan fingerprint density at radius 3 is 2.33 bits per heavy atom. The first-order chi connectivity index (χ1) is 10.0. The van der Waals surface area contributed by atoms with Gasteiger partial charge in [0.25, 0.3) is 0 Å². The van der Waals surface area contributed by atoms with Crippen molar-refractivity contribution in [3.63, 3.8) is 0 Å². The summed E-state index contributed by atoms with van der Waals surface area (Å²) in [6.07, 6.45) is 5.42. The molecular formula is C17H32N4. The Labute approximate surface area is 130 Å². The van der Waals surface area contributed by atoms with E-state index >= 15 is 0 Å². The fourth-order valence-electron chi connectivity index (χ4n) is 2.60. The molecule has 1 N–H and O–H groups in total.